The normalized spacial score (nSPS) is 61.3. The van der Waals surface area contributed by atoms with Gasteiger partial charge in [0.1, 0.15) is 4.33 Å². The van der Waals surface area contributed by atoms with Gasteiger partial charge < -0.3 is 0 Å². The van der Waals surface area contributed by atoms with Gasteiger partial charge in [-0.1, -0.05) is 27.7 Å². The molecular weight excluding hydrogens is 215 g/mol. The van der Waals surface area contributed by atoms with Crippen LogP contribution in [0.4, 0.5) is 0 Å². The van der Waals surface area contributed by atoms with Crippen molar-refractivity contribution in [2.75, 3.05) is 0 Å². The minimum absolute atomic E-state index is 0.179. The second kappa shape index (κ2) is 2.02. The van der Waals surface area contributed by atoms with Crippen LogP contribution in [-0.4, -0.2) is 4.33 Å². The average molecular weight is 233 g/mol. The summed E-state index contributed by atoms with van der Waals surface area (Å²) in [5, 5.41) is 0. The number of fused-ring (bicyclic) bond motifs is 2. The van der Waals surface area contributed by atoms with Crippen molar-refractivity contribution in [2.45, 2.75) is 44.9 Å². The number of halogens is 2. The third kappa shape index (κ3) is 0.686. The fourth-order valence-electron chi connectivity index (χ4n) is 4.20. The van der Waals surface area contributed by atoms with E-state index >= 15 is 0 Å². The molecule has 0 N–H and O–H groups in total. The SMILES string of the molecule is CC1(C)[C@@H]2C[C@@]3(C)C(Cl)(Cl)[C@@]3(C)C[C@@H]21. The highest BCUT2D eigenvalue weighted by atomic mass is 35.5. The Morgan fingerprint density at radius 3 is 1.57 bits per heavy atom. The molecule has 0 aromatic carbocycles. The zero-order chi connectivity index (χ0) is 10.6. The van der Waals surface area contributed by atoms with Crippen molar-refractivity contribution < 1.29 is 0 Å². The van der Waals surface area contributed by atoms with Gasteiger partial charge in [-0.25, -0.2) is 0 Å². The van der Waals surface area contributed by atoms with Crippen LogP contribution in [0.15, 0.2) is 0 Å². The van der Waals surface area contributed by atoms with E-state index in [9.17, 15) is 0 Å². The van der Waals surface area contributed by atoms with Gasteiger partial charge in [0.15, 0.2) is 0 Å². The molecule has 0 heterocycles. The highest BCUT2D eigenvalue weighted by Gasteiger charge is 2.87. The lowest BCUT2D eigenvalue weighted by Gasteiger charge is -2.21. The van der Waals surface area contributed by atoms with Crippen LogP contribution in [0.25, 0.3) is 0 Å². The maximum Gasteiger partial charge on any atom is 0.130 e. The van der Waals surface area contributed by atoms with Gasteiger partial charge in [0.05, 0.1) is 0 Å². The fourth-order valence-corrected chi connectivity index (χ4v) is 5.25. The van der Waals surface area contributed by atoms with E-state index < -0.39 is 4.33 Å². The summed E-state index contributed by atoms with van der Waals surface area (Å²) in [4.78, 5) is 0. The standard InChI is InChI=1S/C12H18Cl2/c1-9(2)7-5-10(3)11(4,6-8(7)9)12(10,13)14/h7-8H,5-6H2,1-4H3/t7-,8+,10-,11+. The number of hydrogen-bond donors (Lipinski definition) is 0. The van der Waals surface area contributed by atoms with Crippen molar-refractivity contribution in [1.82, 2.24) is 0 Å². The predicted octanol–water partition coefficient (Wildman–Crippen LogP) is 4.25. The first-order chi connectivity index (χ1) is 6.18. The first-order valence-corrected chi connectivity index (χ1v) is 6.32. The summed E-state index contributed by atoms with van der Waals surface area (Å²) in [6.07, 6.45) is 2.46. The lowest BCUT2D eigenvalue weighted by Crippen LogP contribution is -2.14. The molecule has 3 aliphatic rings. The fraction of sp³-hybridized carbons (Fsp3) is 1.00. The Hall–Kier alpha value is 0.580. The molecule has 0 radical (unpaired) electrons. The quantitative estimate of drug-likeness (QED) is 0.548. The Morgan fingerprint density at radius 1 is 0.857 bits per heavy atom. The summed E-state index contributed by atoms with van der Waals surface area (Å²) in [5.41, 5.74) is 0.916. The van der Waals surface area contributed by atoms with Crippen molar-refractivity contribution >= 4 is 23.2 Å². The number of rotatable bonds is 0. The minimum Gasteiger partial charge on any atom is -0.100 e. The minimum atomic E-state index is -0.455. The molecule has 14 heavy (non-hydrogen) atoms. The summed E-state index contributed by atoms with van der Waals surface area (Å²) in [6, 6.07) is 0. The lowest BCUT2D eigenvalue weighted by atomic mass is 9.82. The summed E-state index contributed by atoms with van der Waals surface area (Å²) in [7, 11) is 0. The predicted molar refractivity (Wildman–Crippen MR) is 60.6 cm³/mol. The van der Waals surface area contributed by atoms with E-state index in [0.29, 0.717) is 5.41 Å². The molecule has 3 rings (SSSR count). The molecule has 80 valence electrons. The molecule has 3 fully saturated rings. The molecule has 0 spiro atoms. The Kier molecular flexibility index (Phi) is 1.41. The molecule has 2 heteroatoms. The van der Waals surface area contributed by atoms with Gasteiger partial charge in [-0.05, 0) is 30.1 Å². The molecule has 0 amide bonds. The zero-order valence-electron chi connectivity index (χ0n) is 9.32. The molecule has 0 aliphatic heterocycles. The van der Waals surface area contributed by atoms with Crippen LogP contribution in [0.3, 0.4) is 0 Å². The van der Waals surface area contributed by atoms with Crippen molar-refractivity contribution in [3.05, 3.63) is 0 Å². The third-order valence-electron chi connectivity index (χ3n) is 6.09. The van der Waals surface area contributed by atoms with Crippen molar-refractivity contribution in [3.63, 3.8) is 0 Å². The van der Waals surface area contributed by atoms with Crippen LogP contribution in [0.2, 0.25) is 0 Å². The molecule has 3 aliphatic carbocycles. The summed E-state index contributed by atoms with van der Waals surface area (Å²) < 4.78 is -0.455. The van der Waals surface area contributed by atoms with E-state index in [1.54, 1.807) is 0 Å². The van der Waals surface area contributed by atoms with Crippen molar-refractivity contribution in [2.24, 2.45) is 28.1 Å². The number of hydrogen-bond acceptors (Lipinski definition) is 0. The highest BCUT2D eigenvalue weighted by Crippen LogP contribution is 2.89. The molecule has 0 nitrogen and oxygen atoms in total. The molecular formula is C12H18Cl2. The van der Waals surface area contributed by atoms with Crippen LogP contribution < -0.4 is 0 Å². The Bertz CT molecular complexity index is 292. The first-order valence-electron chi connectivity index (χ1n) is 5.56. The second-order valence-electron chi connectivity index (χ2n) is 6.68. The average Bonchev–Trinajstić information content (AvgIpc) is 2.66. The van der Waals surface area contributed by atoms with Crippen LogP contribution in [0.5, 0.6) is 0 Å². The van der Waals surface area contributed by atoms with E-state index in [1.165, 1.54) is 12.8 Å². The zero-order valence-corrected chi connectivity index (χ0v) is 10.8. The third-order valence-corrected chi connectivity index (χ3v) is 7.75. The summed E-state index contributed by atoms with van der Waals surface area (Å²) in [5.74, 6) is 1.75. The van der Waals surface area contributed by atoms with E-state index in [1.807, 2.05) is 0 Å². The largest absolute Gasteiger partial charge is 0.130 e. The van der Waals surface area contributed by atoms with Gasteiger partial charge in [-0.15, -0.1) is 23.2 Å². The van der Waals surface area contributed by atoms with Gasteiger partial charge >= 0.3 is 0 Å². The Labute approximate surface area is 96.3 Å². The number of alkyl halides is 2. The summed E-state index contributed by atoms with van der Waals surface area (Å²) in [6.45, 7) is 9.34. The smallest absolute Gasteiger partial charge is 0.100 e. The van der Waals surface area contributed by atoms with Gasteiger partial charge in [-0.2, -0.15) is 0 Å². The van der Waals surface area contributed by atoms with E-state index in [4.69, 9.17) is 23.2 Å². The summed E-state index contributed by atoms with van der Waals surface area (Å²) >= 11 is 12.9. The Morgan fingerprint density at radius 2 is 1.21 bits per heavy atom. The molecule has 0 unspecified atom stereocenters. The van der Waals surface area contributed by atoms with E-state index in [-0.39, 0.29) is 10.8 Å². The van der Waals surface area contributed by atoms with Crippen molar-refractivity contribution in [1.29, 1.82) is 0 Å². The topological polar surface area (TPSA) is 0 Å². The lowest BCUT2D eigenvalue weighted by molar-refractivity contribution is 0.265. The van der Waals surface area contributed by atoms with Crippen LogP contribution in [0.1, 0.15) is 40.5 Å². The molecule has 0 aromatic rings. The Balaban J connectivity index is 1.95. The molecule has 3 saturated carbocycles. The molecule has 0 aromatic heterocycles. The monoisotopic (exact) mass is 232 g/mol. The van der Waals surface area contributed by atoms with E-state index in [0.717, 1.165) is 11.8 Å². The van der Waals surface area contributed by atoms with Crippen molar-refractivity contribution in [3.8, 4) is 0 Å². The van der Waals surface area contributed by atoms with Crippen LogP contribution in [0, 0.1) is 28.1 Å². The maximum absolute atomic E-state index is 6.44. The van der Waals surface area contributed by atoms with Gasteiger partial charge in [0.2, 0.25) is 0 Å². The molecule has 4 atom stereocenters. The van der Waals surface area contributed by atoms with Crippen LogP contribution in [-0.2, 0) is 0 Å². The van der Waals surface area contributed by atoms with Gasteiger partial charge in [0.25, 0.3) is 0 Å². The second-order valence-corrected chi connectivity index (χ2v) is 8.01. The van der Waals surface area contributed by atoms with Gasteiger partial charge in [0, 0.05) is 10.8 Å². The van der Waals surface area contributed by atoms with Gasteiger partial charge in [-0.3, -0.25) is 0 Å². The molecule has 0 saturated heterocycles. The molecule has 0 bridgehead atoms. The highest BCUT2D eigenvalue weighted by molar-refractivity contribution is 6.52. The van der Waals surface area contributed by atoms with Crippen LogP contribution >= 0.6 is 23.2 Å². The first kappa shape index (κ1) is 9.78. The van der Waals surface area contributed by atoms with E-state index in [2.05, 4.69) is 27.7 Å². The maximum atomic E-state index is 6.44.